The van der Waals surface area contributed by atoms with Crippen molar-refractivity contribution in [2.75, 3.05) is 6.54 Å². The Balaban J connectivity index is 0.000000211. The second kappa shape index (κ2) is 7.39. The summed E-state index contributed by atoms with van der Waals surface area (Å²) in [7, 11) is 0. The summed E-state index contributed by atoms with van der Waals surface area (Å²) in [6.45, 7) is 4.07. The van der Waals surface area contributed by atoms with Crippen molar-refractivity contribution in [3.8, 4) is 11.3 Å². The maximum Gasteiger partial charge on any atom is 0.328 e. The quantitative estimate of drug-likeness (QED) is 0.813. The van der Waals surface area contributed by atoms with Gasteiger partial charge < -0.3 is 14.8 Å². The number of fused-ring (bicyclic) bond motifs is 5. The molecule has 0 radical (unpaired) electrons. The van der Waals surface area contributed by atoms with Crippen molar-refractivity contribution >= 4 is 17.7 Å². The van der Waals surface area contributed by atoms with Crippen LogP contribution in [0.3, 0.4) is 0 Å². The molecule has 2 aliphatic rings. The van der Waals surface area contributed by atoms with E-state index in [0.29, 0.717) is 12.2 Å². The van der Waals surface area contributed by atoms with E-state index < -0.39 is 11.9 Å². The van der Waals surface area contributed by atoms with Crippen molar-refractivity contribution in [1.82, 2.24) is 4.57 Å². The number of carboxylic acid groups (broad SMARTS) is 2. The van der Waals surface area contributed by atoms with Gasteiger partial charge in [-0.3, -0.25) is 4.99 Å². The van der Waals surface area contributed by atoms with E-state index in [1.807, 2.05) is 0 Å². The van der Waals surface area contributed by atoms with Crippen LogP contribution in [0, 0.1) is 0 Å². The molecular weight excluding hydrogens is 332 g/mol. The summed E-state index contributed by atoms with van der Waals surface area (Å²) < 4.78 is 2.47. The Kier molecular flexibility index (Phi) is 5.02. The van der Waals surface area contributed by atoms with Gasteiger partial charge in [0.1, 0.15) is 0 Å². The third kappa shape index (κ3) is 3.59. The van der Waals surface area contributed by atoms with Gasteiger partial charge in [-0.1, -0.05) is 24.3 Å². The molecule has 0 saturated carbocycles. The minimum atomic E-state index is -1.26. The van der Waals surface area contributed by atoms with Crippen LogP contribution in [-0.2, 0) is 29.0 Å². The molecule has 26 heavy (non-hydrogen) atoms. The van der Waals surface area contributed by atoms with Gasteiger partial charge in [-0.25, -0.2) is 9.59 Å². The van der Waals surface area contributed by atoms with E-state index in [4.69, 9.17) is 10.2 Å². The number of nitrogens with zero attached hydrogens (tertiary/aromatic N) is 2. The van der Waals surface area contributed by atoms with Crippen molar-refractivity contribution in [3.05, 3.63) is 59.3 Å². The Hall–Kier alpha value is -3.15. The lowest BCUT2D eigenvalue weighted by atomic mass is 9.90. The van der Waals surface area contributed by atoms with Crippen LogP contribution in [-0.4, -0.2) is 39.0 Å². The minimum Gasteiger partial charge on any atom is -0.478 e. The molecule has 0 unspecified atom stereocenters. The summed E-state index contributed by atoms with van der Waals surface area (Å²) >= 11 is 0. The van der Waals surface area contributed by atoms with E-state index >= 15 is 0 Å². The van der Waals surface area contributed by atoms with Gasteiger partial charge in [0, 0.05) is 24.3 Å². The second-order valence-corrected chi connectivity index (χ2v) is 6.19. The SMILES string of the molecule is CC1=NCCn2c1cc1c2-c2ccccc2CC1.O=C(O)C=CC(=O)O. The third-order valence-corrected chi connectivity index (χ3v) is 4.52. The van der Waals surface area contributed by atoms with E-state index in [2.05, 4.69) is 46.8 Å². The number of rotatable bonds is 2. The third-order valence-electron chi connectivity index (χ3n) is 4.52. The number of hydrogen-bond donors (Lipinski definition) is 2. The number of carbonyl (C=O) groups is 2. The molecule has 6 heteroatoms. The van der Waals surface area contributed by atoms with Crippen molar-refractivity contribution in [3.63, 3.8) is 0 Å². The van der Waals surface area contributed by atoms with Gasteiger partial charge in [0.05, 0.1) is 23.6 Å². The van der Waals surface area contributed by atoms with Crippen molar-refractivity contribution in [2.24, 2.45) is 4.99 Å². The van der Waals surface area contributed by atoms with E-state index in [0.717, 1.165) is 13.1 Å². The highest BCUT2D eigenvalue weighted by Crippen LogP contribution is 2.36. The zero-order valence-corrected chi connectivity index (χ0v) is 14.5. The summed E-state index contributed by atoms with van der Waals surface area (Å²) in [5.74, 6) is -2.51. The summed E-state index contributed by atoms with van der Waals surface area (Å²) in [5.41, 5.74) is 8.38. The molecule has 1 aliphatic heterocycles. The lowest BCUT2D eigenvalue weighted by molar-refractivity contribution is -0.134. The first kappa shape index (κ1) is 17.7. The second-order valence-electron chi connectivity index (χ2n) is 6.19. The van der Waals surface area contributed by atoms with Gasteiger partial charge in [0.15, 0.2) is 0 Å². The number of aryl methyl sites for hydroxylation is 2. The fourth-order valence-electron chi connectivity index (χ4n) is 3.43. The number of hydrogen-bond acceptors (Lipinski definition) is 3. The van der Waals surface area contributed by atoms with Gasteiger partial charge in [-0.05, 0) is 37.0 Å². The Morgan fingerprint density at radius 2 is 1.73 bits per heavy atom. The monoisotopic (exact) mass is 352 g/mol. The number of aliphatic imine (C=N–C) groups is 1. The molecule has 6 nitrogen and oxygen atoms in total. The summed E-state index contributed by atoms with van der Waals surface area (Å²) in [5, 5.41) is 15.6. The first-order valence-electron chi connectivity index (χ1n) is 8.43. The lowest BCUT2D eigenvalue weighted by Crippen LogP contribution is -2.17. The molecule has 1 aliphatic carbocycles. The fraction of sp³-hybridized carbons (Fsp3) is 0.250. The van der Waals surface area contributed by atoms with Gasteiger partial charge in [-0.15, -0.1) is 0 Å². The molecule has 134 valence electrons. The van der Waals surface area contributed by atoms with Crippen LogP contribution in [0.25, 0.3) is 11.3 Å². The Morgan fingerprint density at radius 3 is 2.42 bits per heavy atom. The minimum absolute atomic E-state index is 0.558. The van der Waals surface area contributed by atoms with Gasteiger partial charge in [-0.2, -0.15) is 0 Å². The van der Waals surface area contributed by atoms with Crippen LogP contribution in [0.15, 0.2) is 47.5 Å². The molecule has 2 N–H and O–H groups in total. The molecule has 0 saturated heterocycles. The molecule has 0 atom stereocenters. The number of aliphatic carboxylic acids is 2. The van der Waals surface area contributed by atoms with Crippen LogP contribution in [0.1, 0.15) is 23.7 Å². The van der Waals surface area contributed by atoms with Gasteiger partial charge >= 0.3 is 11.9 Å². The number of carboxylic acids is 2. The van der Waals surface area contributed by atoms with Crippen LogP contribution in [0.4, 0.5) is 0 Å². The molecule has 2 heterocycles. The zero-order valence-electron chi connectivity index (χ0n) is 14.5. The molecule has 1 aromatic carbocycles. The van der Waals surface area contributed by atoms with Crippen LogP contribution < -0.4 is 0 Å². The maximum atomic E-state index is 9.55. The Morgan fingerprint density at radius 1 is 1.08 bits per heavy atom. The Bertz CT molecular complexity index is 906. The highest BCUT2D eigenvalue weighted by Gasteiger charge is 2.24. The Labute approximate surface area is 151 Å². The first-order chi connectivity index (χ1) is 12.5. The highest BCUT2D eigenvalue weighted by atomic mass is 16.4. The van der Waals surface area contributed by atoms with Gasteiger partial charge in [0.25, 0.3) is 0 Å². The largest absolute Gasteiger partial charge is 0.478 e. The summed E-state index contributed by atoms with van der Waals surface area (Å²) in [6, 6.07) is 11.2. The molecule has 0 spiro atoms. The molecule has 0 fully saturated rings. The first-order valence-corrected chi connectivity index (χ1v) is 8.43. The summed E-state index contributed by atoms with van der Waals surface area (Å²) in [4.78, 5) is 23.7. The highest BCUT2D eigenvalue weighted by molar-refractivity contribution is 5.99. The van der Waals surface area contributed by atoms with Crippen LogP contribution in [0.2, 0.25) is 0 Å². The molecule has 2 aromatic rings. The van der Waals surface area contributed by atoms with Crippen molar-refractivity contribution < 1.29 is 19.8 Å². The maximum absolute atomic E-state index is 9.55. The van der Waals surface area contributed by atoms with E-state index in [1.54, 1.807) is 0 Å². The lowest BCUT2D eigenvalue weighted by Gasteiger charge is -2.21. The smallest absolute Gasteiger partial charge is 0.328 e. The average Bonchev–Trinajstić information content (AvgIpc) is 3.01. The van der Waals surface area contributed by atoms with Crippen LogP contribution in [0.5, 0.6) is 0 Å². The van der Waals surface area contributed by atoms with E-state index in [-0.39, 0.29) is 0 Å². The average molecular weight is 352 g/mol. The number of benzene rings is 1. The van der Waals surface area contributed by atoms with Crippen molar-refractivity contribution in [2.45, 2.75) is 26.3 Å². The van der Waals surface area contributed by atoms with Gasteiger partial charge in [0.2, 0.25) is 0 Å². The van der Waals surface area contributed by atoms with Crippen LogP contribution >= 0.6 is 0 Å². The normalized spacial score (nSPS) is 14.4. The standard InChI is InChI=1S/C16H16N2.C4H4O4/c1-11-15-10-13-7-6-12-4-2-3-5-14(12)16(13)18(15)9-8-17-11;5-3(6)1-2-4(7)8/h2-5,10H,6-9H2,1H3;1-2H,(H,5,6)(H,7,8). The number of aromatic nitrogens is 1. The molecule has 1 aromatic heterocycles. The molecular formula is C20H20N2O4. The fourth-order valence-corrected chi connectivity index (χ4v) is 3.43. The zero-order chi connectivity index (χ0) is 18.7. The van der Waals surface area contributed by atoms with E-state index in [9.17, 15) is 9.59 Å². The molecule has 0 bridgehead atoms. The summed E-state index contributed by atoms with van der Waals surface area (Å²) in [6.07, 6.45) is 3.45. The predicted molar refractivity (Wildman–Crippen MR) is 98.8 cm³/mol. The molecule has 0 amide bonds. The molecule has 4 rings (SSSR count). The van der Waals surface area contributed by atoms with Crippen molar-refractivity contribution in [1.29, 1.82) is 0 Å². The van der Waals surface area contributed by atoms with E-state index in [1.165, 1.54) is 46.6 Å². The topological polar surface area (TPSA) is 91.9 Å². The predicted octanol–water partition coefficient (Wildman–Crippen LogP) is 2.79.